The molecule has 130 valence electrons. The molecule has 1 heterocycles. The number of ether oxygens (including phenoxy) is 1. The van der Waals surface area contributed by atoms with Gasteiger partial charge in [-0.05, 0) is 43.3 Å². The maximum Gasteiger partial charge on any atom is 0.247 e. The molecule has 1 atom stereocenters. The fourth-order valence-corrected chi connectivity index (χ4v) is 3.97. The van der Waals surface area contributed by atoms with Gasteiger partial charge in [0, 0.05) is 18.3 Å². The number of amides is 1. The molecule has 1 amide bonds. The van der Waals surface area contributed by atoms with E-state index in [0.29, 0.717) is 17.5 Å². The Bertz CT molecular complexity index is 780. The summed E-state index contributed by atoms with van der Waals surface area (Å²) in [6.07, 6.45) is 0. The number of anilines is 2. The number of phenolic OH excluding ortho intramolecular Hbond substituents is 1. The van der Waals surface area contributed by atoms with Crippen LogP contribution in [0.1, 0.15) is 6.92 Å². The Morgan fingerprint density at radius 1 is 1.28 bits per heavy atom. The first kappa shape index (κ1) is 17.6. The van der Waals surface area contributed by atoms with Gasteiger partial charge in [-0.1, -0.05) is 30.0 Å². The highest BCUT2D eigenvalue weighted by molar-refractivity contribution is 8.25. The molecule has 7 heteroatoms. The summed E-state index contributed by atoms with van der Waals surface area (Å²) >= 11 is 6.75. The minimum Gasteiger partial charge on any atom is -0.508 e. The average Bonchev–Trinajstić information content (AvgIpc) is 2.88. The van der Waals surface area contributed by atoms with Gasteiger partial charge in [0.25, 0.3) is 0 Å². The van der Waals surface area contributed by atoms with Gasteiger partial charge in [0.2, 0.25) is 5.91 Å². The van der Waals surface area contributed by atoms with Crippen LogP contribution in [0.15, 0.2) is 48.5 Å². The van der Waals surface area contributed by atoms with Crippen LogP contribution in [0.25, 0.3) is 0 Å². The molecule has 0 radical (unpaired) electrons. The first-order valence-electron chi connectivity index (χ1n) is 7.89. The quantitative estimate of drug-likeness (QED) is 0.753. The molecule has 0 saturated carbocycles. The minimum absolute atomic E-state index is 0.0492. The first-order valence-corrected chi connectivity index (χ1v) is 9.17. The zero-order valence-corrected chi connectivity index (χ0v) is 15.3. The van der Waals surface area contributed by atoms with Crippen LogP contribution in [0.3, 0.4) is 0 Å². The second-order valence-electron chi connectivity index (χ2n) is 5.40. The lowest BCUT2D eigenvalue weighted by Gasteiger charge is -2.16. The van der Waals surface area contributed by atoms with Gasteiger partial charge in [-0.3, -0.25) is 9.69 Å². The molecule has 1 fully saturated rings. The van der Waals surface area contributed by atoms with Crippen LogP contribution >= 0.6 is 24.0 Å². The van der Waals surface area contributed by atoms with E-state index in [4.69, 9.17) is 17.0 Å². The molecule has 2 N–H and O–H groups in total. The molecule has 5 nitrogen and oxygen atoms in total. The number of thioether (sulfide) groups is 1. The highest BCUT2D eigenvalue weighted by Gasteiger charge is 2.37. The van der Waals surface area contributed by atoms with Crippen molar-refractivity contribution in [1.82, 2.24) is 0 Å². The molecule has 3 rings (SSSR count). The summed E-state index contributed by atoms with van der Waals surface area (Å²) in [4.78, 5) is 14.3. The predicted octanol–water partition coefficient (Wildman–Crippen LogP) is 3.64. The van der Waals surface area contributed by atoms with Crippen molar-refractivity contribution in [3.8, 4) is 11.5 Å². The SMILES string of the molecule is CCOc1ccc(N2C(=O)C(CNc3cccc(O)c3)SC2=S)cc1. The number of thiocarbonyl (C=S) groups is 1. The highest BCUT2D eigenvalue weighted by Crippen LogP contribution is 2.33. The molecule has 1 unspecified atom stereocenters. The maximum absolute atomic E-state index is 12.7. The van der Waals surface area contributed by atoms with Crippen LogP contribution in [0.2, 0.25) is 0 Å². The van der Waals surface area contributed by atoms with Crippen LogP contribution in [0.4, 0.5) is 11.4 Å². The third-order valence-corrected chi connectivity index (χ3v) is 5.17. The summed E-state index contributed by atoms with van der Waals surface area (Å²) in [6, 6.07) is 14.1. The van der Waals surface area contributed by atoms with Crippen molar-refractivity contribution < 1.29 is 14.6 Å². The Balaban J connectivity index is 1.67. The van der Waals surface area contributed by atoms with Crippen LogP contribution in [0.5, 0.6) is 11.5 Å². The van der Waals surface area contributed by atoms with Crippen molar-refractivity contribution in [1.29, 1.82) is 0 Å². The fraction of sp³-hybridized carbons (Fsp3) is 0.222. The molecule has 25 heavy (non-hydrogen) atoms. The van der Waals surface area contributed by atoms with Crippen molar-refractivity contribution in [2.75, 3.05) is 23.4 Å². The zero-order chi connectivity index (χ0) is 17.8. The Kier molecular flexibility index (Phi) is 5.45. The Hall–Kier alpha value is -2.25. The lowest BCUT2D eigenvalue weighted by molar-refractivity contribution is -0.116. The second kappa shape index (κ2) is 7.76. The van der Waals surface area contributed by atoms with E-state index in [1.165, 1.54) is 11.8 Å². The van der Waals surface area contributed by atoms with Crippen molar-refractivity contribution in [2.45, 2.75) is 12.2 Å². The van der Waals surface area contributed by atoms with Crippen molar-refractivity contribution in [2.24, 2.45) is 0 Å². The standard InChI is InChI=1S/C18H18N2O3S2/c1-2-23-15-8-6-13(7-9-15)20-17(22)16(25-18(20)24)11-19-12-4-3-5-14(21)10-12/h3-10,16,19,21H,2,11H2,1H3. The Morgan fingerprint density at radius 2 is 2.04 bits per heavy atom. The summed E-state index contributed by atoms with van der Waals surface area (Å²) in [5.41, 5.74) is 1.50. The van der Waals surface area contributed by atoms with E-state index in [2.05, 4.69) is 5.32 Å². The van der Waals surface area contributed by atoms with E-state index >= 15 is 0 Å². The van der Waals surface area contributed by atoms with E-state index in [1.54, 1.807) is 23.1 Å². The highest BCUT2D eigenvalue weighted by atomic mass is 32.2. The molecular formula is C18H18N2O3S2. The van der Waals surface area contributed by atoms with Crippen molar-refractivity contribution in [3.63, 3.8) is 0 Å². The topological polar surface area (TPSA) is 61.8 Å². The number of carbonyl (C=O) groups excluding carboxylic acids is 1. The number of nitrogens with zero attached hydrogens (tertiary/aromatic N) is 1. The number of nitrogens with one attached hydrogen (secondary N) is 1. The summed E-state index contributed by atoms with van der Waals surface area (Å²) < 4.78 is 5.96. The van der Waals surface area contributed by atoms with Gasteiger partial charge in [-0.2, -0.15) is 0 Å². The Morgan fingerprint density at radius 3 is 2.72 bits per heavy atom. The van der Waals surface area contributed by atoms with Gasteiger partial charge in [-0.25, -0.2) is 0 Å². The number of aromatic hydroxyl groups is 1. The summed E-state index contributed by atoms with van der Waals surface area (Å²) in [7, 11) is 0. The average molecular weight is 374 g/mol. The maximum atomic E-state index is 12.7. The Labute approximate surface area is 156 Å². The van der Waals surface area contributed by atoms with Crippen LogP contribution in [0, 0.1) is 0 Å². The molecule has 1 aliphatic rings. The lowest BCUT2D eigenvalue weighted by Crippen LogP contribution is -2.33. The smallest absolute Gasteiger partial charge is 0.247 e. The monoisotopic (exact) mass is 374 g/mol. The largest absolute Gasteiger partial charge is 0.508 e. The normalized spacial score (nSPS) is 17.0. The van der Waals surface area contributed by atoms with Gasteiger partial charge < -0.3 is 15.2 Å². The minimum atomic E-state index is -0.304. The molecule has 2 aromatic rings. The number of rotatable bonds is 6. The molecular weight excluding hydrogens is 356 g/mol. The van der Waals surface area contributed by atoms with Crippen LogP contribution < -0.4 is 15.0 Å². The van der Waals surface area contributed by atoms with E-state index in [1.807, 2.05) is 37.3 Å². The van der Waals surface area contributed by atoms with E-state index in [9.17, 15) is 9.90 Å². The lowest BCUT2D eigenvalue weighted by atomic mass is 10.2. The third-order valence-electron chi connectivity index (χ3n) is 3.67. The number of hydrogen-bond acceptors (Lipinski definition) is 6. The number of benzene rings is 2. The summed E-state index contributed by atoms with van der Waals surface area (Å²) in [6.45, 7) is 2.95. The molecule has 1 aliphatic heterocycles. The zero-order valence-electron chi connectivity index (χ0n) is 13.6. The molecule has 0 aliphatic carbocycles. The molecule has 0 aromatic heterocycles. The van der Waals surface area contributed by atoms with E-state index < -0.39 is 0 Å². The fourth-order valence-electron chi connectivity index (χ4n) is 2.50. The van der Waals surface area contributed by atoms with Gasteiger partial charge in [-0.15, -0.1) is 0 Å². The number of phenols is 1. The summed E-state index contributed by atoms with van der Waals surface area (Å²) in [5, 5.41) is 12.4. The summed E-state index contributed by atoms with van der Waals surface area (Å²) in [5.74, 6) is 0.896. The van der Waals surface area contributed by atoms with E-state index in [0.717, 1.165) is 17.1 Å². The third kappa shape index (κ3) is 4.05. The molecule has 1 saturated heterocycles. The van der Waals surface area contributed by atoms with Gasteiger partial charge in [0.1, 0.15) is 21.1 Å². The van der Waals surface area contributed by atoms with E-state index in [-0.39, 0.29) is 16.9 Å². The first-order chi connectivity index (χ1) is 12.1. The predicted molar refractivity (Wildman–Crippen MR) is 106 cm³/mol. The van der Waals surface area contributed by atoms with Gasteiger partial charge in [0.15, 0.2) is 0 Å². The molecule has 0 spiro atoms. The molecule has 2 aromatic carbocycles. The van der Waals surface area contributed by atoms with Crippen molar-refractivity contribution in [3.05, 3.63) is 48.5 Å². The van der Waals surface area contributed by atoms with Crippen LogP contribution in [-0.2, 0) is 4.79 Å². The second-order valence-corrected chi connectivity index (χ2v) is 7.24. The van der Waals surface area contributed by atoms with Crippen molar-refractivity contribution >= 4 is 45.6 Å². The van der Waals surface area contributed by atoms with Gasteiger partial charge >= 0.3 is 0 Å². The molecule has 0 bridgehead atoms. The van der Waals surface area contributed by atoms with Crippen LogP contribution in [-0.4, -0.2) is 33.7 Å². The number of carbonyl (C=O) groups is 1. The van der Waals surface area contributed by atoms with Gasteiger partial charge in [0.05, 0.1) is 12.3 Å². The number of hydrogen-bond donors (Lipinski definition) is 2.